The minimum absolute atomic E-state index is 0. The van der Waals surface area contributed by atoms with Gasteiger partial charge in [0.1, 0.15) is 12.1 Å². The summed E-state index contributed by atoms with van der Waals surface area (Å²) >= 11 is 0. The topological polar surface area (TPSA) is 76.9 Å². The Hall–Kier alpha value is -2.19. The maximum absolute atomic E-state index is 5.55. The molecule has 0 unspecified atom stereocenters. The number of hydrogen-bond acceptors (Lipinski definition) is 6. The molecule has 1 aliphatic rings. The highest BCUT2D eigenvalue weighted by atomic mass is 35.5. The normalized spacial score (nSPS) is 18.4. The van der Waals surface area contributed by atoms with E-state index in [4.69, 9.17) is 4.74 Å². The number of hydrogen-bond donors (Lipinski definition) is 2. The number of halogens is 2. The van der Waals surface area contributed by atoms with Crippen LogP contribution in [-0.2, 0) is 6.54 Å². The predicted molar refractivity (Wildman–Crippen MR) is 117 cm³/mol. The van der Waals surface area contributed by atoms with Crippen molar-refractivity contribution >= 4 is 24.8 Å². The van der Waals surface area contributed by atoms with Crippen molar-refractivity contribution in [1.29, 1.82) is 0 Å². The molecular weight excluding hydrogens is 411 g/mol. The predicted octanol–water partition coefficient (Wildman–Crippen LogP) is 3.10. The van der Waals surface area contributed by atoms with Gasteiger partial charge in [0.2, 0.25) is 0 Å². The highest BCUT2D eigenvalue weighted by Gasteiger charge is 2.25. The fraction of sp³-hybridized carbons (Fsp3) is 0.350. The van der Waals surface area contributed by atoms with E-state index in [1.54, 1.807) is 18.1 Å². The van der Waals surface area contributed by atoms with Gasteiger partial charge in [0.15, 0.2) is 0 Å². The van der Waals surface area contributed by atoms with Crippen molar-refractivity contribution in [2.45, 2.75) is 31.5 Å². The summed E-state index contributed by atoms with van der Waals surface area (Å²) in [5, 5.41) is 18.8. The van der Waals surface area contributed by atoms with Crippen molar-refractivity contribution in [3.8, 4) is 11.4 Å². The van der Waals surface area contributed by atoms with E-state index in [2.05, 4.69) is 62.6 Å². The zero-order valence-electron chi connectivity index (χ0n) is 16.2. The summed E-state index contributed by atoms with van der Waals surface area (Å²) in [6.45, 7) is 1.77. The Morgan fingerprint density at radius 1 is 1.17 bits per heavy atom. The SMILES string of the molecule is COc1ccc(-n2cnnn2)cc1CN[C@@H]1CCCN[C@@H]1c1ccccc1.Cl.Cl. The molecule has 2 atom stereocenters. The van der Waals surface area contributed by atoms with Crippen LogP contribution in [0.15, 0.2) is 54.9 Å². The molecule has 0 amide bonds. The molecule has 9 heteroatoms. The highest BCUT2D eigenvalue weighted by Crippen LogP contribution is 2.26. The maximum atomic E-state index is 5.55. The van der Waals surface area contributed by atoms with E-state index < -0.39 is 0 Å². The van der Waals surface area contributed by atoms with Crippen molar-refractivity contribution in [3.05, 3.63) is 66.0 Å². The Morgan fingerprint density at radius 2 is 2.00 bits per heavy atom. The standard InChI is InChI=1S/C20H24N6O.2ClH/c1-27-19-10-9-17(26-14-23-24-25-26)12-16(19)13-22-18-8-5-11-21-20(18)15-6-3-2-4-7-15;;/h2-4,6-7,9-10,12,14,18,20-22H,5,8,11,13H2,1H3;2*1H/t18-,20-;;/m1../s1. The van der Waals surface area contributed by atoms with E-state index in [9.17, 15) is 0 Å². The van der Waals surface area contributed by atoms with Gasteiger partial charge in [0, 0.05) is 24.2 Å². The van der Waals surface area contributed by atoms with Gasteiger partial charge in [0.05, 0.1) is 12.8 Å². The third-order valence-electron chi connectivity index (χ3n) is 5.05. The summed E-state index contributed by atoms with van der Waals surface area (Å²) in [4.78, 5) is 0. The van der Waals surface area contributed by atoms with Gasteiger partial charge in [-0.25, -0.2) is 4.68 Å². The average molecular weight is 437 g/mol. The first-order chi connectivity index (χ1) is 13.3. The summed E-state index contributed by atoms with van der Waals surface area (Å²) in [5.74, 6) is 0.861. The molecule has 2 heterocycles. The smallest absolute Gasteiger partial charge is 0.143 e. The van der Waals surface area contributed by atoms with Crippen LogP contribution < -0.4 is 15.4 Å². The average Bonchev–Trinajstić information content (AvgIpc) is 3.28. The first-order valence-electron chi connectivity index (χ1n) is 9.27. The maximum Gasteiger partial charge on any atom is 0.143 e. The number of nitrogens with zero attached hydrogens (tertiary/aromatic N) is 4. The molecule has 0 spiro atoms. The molecule has 29 heavy (non-hydrogen) atoms. The number of methoxy groups -OCH3 is 1. The highest BCUT2D eigenvalue weighted by molar-refractivity contribution is 5.85. The van der Waals surface area contributed by atoms with Crippen LogP contribution in [0.4, 0.5) is 0 Å². The molecule has 1 saturated heterocycles. The number of benzene rings is 2. The lowest BCUT2D eigenvalue weighted by molar-refractivity contribution is 0.303. The third kappa shape index (κ3) is 5.45. The van der Waals surface area contributed by atoms with Gasteiger partial charge in [-0.15, -0.1) is 29.9 Å². The second-order valence-electron chi connectivity index (χ2n) is 6.72. The van der Waals surface area contributed by atoms with Crippen LogP contribution in [0.3, 0.4) is 0 Å². The molecule has 2 N–H and O–H groups in total. The molecule has 4 rings (SSSR count). The molecular formula is C20H26Cl2N6O. The Balaban J connectivity index is 0.00000150. The summed E-state index contributed by atoms with van der Waals surface area (Å²) < 4.78 is 7.20. The van der Waals surface area contributed by atoms with Crippen LogP contribution in [0.25, 0.3) is 5.69 Å². The van der Waals surface area contributed by atoms with Crippen molar-refractivity contribution in [2.24, 2.45) is 0 Å². The molecule has 156 valence electrons. The number of ether oxygens (including phenoxy) is 1. The van der Waals surface area contributed by atoms with Crippen LogP contribution in [0, 0.1) is 0 Å². The summed E-state index contributed by atoms with van der Waals surface area (Å²) in [6.07, 6.45) is 3.90. The van der Waals surface area contributed by atoms with Crippen molar-refractivity contribution < 1.29 is 4.74 Å². The number of rotatable bonds is 6. The molecule has 0 radical (unpaired) electrons. The van der Waals surface area contributed by atoms with Crippen molar-refractivity contribution in [1.82, 2.24) is 30.8 Å². The molecule has 0 saturated carbocycles. The molecule has 0 bridgehead atoms. The van der Waals surface area contributed by atoms with E-state index in [1.807, 2.05) is 12.1 Å². The zero-order chi connectivity index (χ0) is 18.5. The van der Waals surface area contributed by atoms with E-state index in [-0.39, 0.29) is 24.8 Å². The Kier molecular flexibility index (Phi) is 8.85. The minimum atomic E-state index is 0. The minimum Gasteiger partial charge on any atom is -0.496 e. The van der Waals surface area contributed by atoms with Crippen LogP contribution in [0.5, 0.6) is 5.75 Å². The molecule has 0 aliphatic carbocycles. The van der Waals surface area contributed by atoms with Crippen LogP contribution in [0.1, 0.15) is 30.0 Å². The first-order valence-corrected chi connectivity index (χ1v) is 9.27. The van der Waals surface area contributed by atoms with Crippen LogP contribution >= 0.6 is 24.8 Å². The lowest BCUT2D eigenvalue weighted by Crippen LogP contribution is -2.45. The van der Waals surface area contributed by atoms with Gasteiger partial charge in [-0.1, -0.05) is 30.3 Å². The molecule has 2 aromatic carbocycles. The summed E-state index contributed by atoms with van der Waals surface area (Å²) in [6, 6.07) is 17.3. The van der Waals surface area contributed by atoms with E-state index in [0.717, 1.165) is 36.5 Å². The number of piperidine rings is 1. The van der Waals surface area contributed by atoms with Gasteiger partial charge < -0.3 is 15.4 Å². The van der Waals surface area contributed by atoms with Crippen molar-refractivity contribution in [2.75, 3.05) is 13.7 Å². The lowest BCUT2D eigenvalue weighted by atomic mass is 9.92. The van der Waals surface area contributed by atoms with E-state index in [0.29, 0.717) is 12.1 Å². The van der Waals surface area contributed by atoms with Crippen LogP contribution in [0.2, 0.25) is 0 Å². The summed E-state index contributed by atoms with van der Waals surface area (Å²) in [5.41, 5.74) is 3.32. The monoisotopic (exact) mass is 436 g/mol. The van der Waals surface area contributed by atoms with Crippen LogP contribution in [-0.4, -0.2) is 39.9 Å². The first kappa shape index (κ1) is 23.1. The molecule has 1 aromatic heterocycles. The lowest BCUT2D eigenvalue weighted by Gasteiger charge is -2.34. The summed E-state index contributed by atoms with van der Waals surface area (Å²) in [7, 11) is 1.70. The second-order valence-corrected chi connectivity index (χ2v) is 6.72. The zero-order valence-corrected chi connectivity index (χ0v) is 17.8. The Bertz CT molecular complexity index is 863. The van der Waals surface area contributed by atoms with Crippen molar-refractivity contribution in [3.63, 3.8) is 0 Å². The molecule has 1 fully saturated rings. The fourth-order valence-corrected chi connectivity index (χ4v) is 3.69. The van der Waals surface area contributed by atoms with Gasteiger partial charge in [-0.3, -0.25) is 0 Å². The molecule has 3 aromatic rings. The molecule has 7 nitrogen and oxygen atoms in total. The van der Waals surface area contributed by atoms with Gasteiger partial charge in [-0.05, 0) is 53.6 Å². The Morgan fingerprint density at radius 3 is 2.72 bits per heavy atom. The third-order valence-corrected chi connectivity index (χ3v) is 5.05. The quantitative estimate of drug-likeness (QED) is 0.617. The Labute approximate surface area is 183 Å². The number of aromatic nitrogens is 4. The largest absolute Gasteiger partial charge is 0.496 e. The van der Waals surface area contributed by atoms with Gasteiger partial charge in [-0.2, -0.15) is 0 Å². The molecule has 1 aliphatic heterocycles. The number of tetrazole rings is 1. The number of nitrogens with one attached hydrogen (secondary N) is 2. The van der Waals surface area contributed by atoms with E-state index >= 15 is 0 Å². The van der Waals surface area contributed by atoms with Gasteiger partial charge >= 0.3 is 0 Å². The van der Waals surface area contributed by atoms with Gasteiger partial charge in [0.25, 0.3) is 0 Å². The second kappa shape index (κ2) is 11.1. The van der Waals surface area contributed by atoms with E-state index in [1.165, 1.54) is 12.0 Å². The fourth-order valence-electron chi connectivity index (χ4n) is 3.69.